The van der Waals surface area contributed by atoms with Crippen molar-refractivity contribution in [2.45, 2.75) is 56.9 Å². The summed E-state index contributed by atoms with van der Waals surface area (Å²) in [4.78, 5) is 13.1. The molecule has 158 valence electrons. The van der Waals surface area contributed by atoms with Gasteiger partial charge in [0.1, 0.15) is 0 Å². The maximum atomic E-state index is 13.1. The molecule has 1 atom stereocenters. The van der Waals surface area contributed by atoms with E-state index in [1.807, 2.05) is 39.2 Å². The average molecular weight is 435 g/mol. The van der Waals surface area contributed by atoms with Crippen LogP contribution in [0.3, 0.4) is 0 Å². The molecule has 0 fully saturated rings. The lowest BCUT2D eigenvalue weighted by Crippen LogP contribution is -2.29. The van der Waals surface area contributed by atoms with Gasteiger partial charge in [0.15, 0.2) is 0 Å². The highest BCUT2D eigenvalue weighted by molar-refractivity contribution is 7.98. The van der Waals surface area contributed by atoms with Crippen molar-refractivity contribution in [1.29, 1.82) is 0 Å². The van der Waals surface area contributed by atoms with Crippen molar-refractivity contribution in [2.75, 3.05) is 11.6 Å². The number of sulfonamides is 1. The molecule has 0 aromatic heterocycles. The smallest absolute Gasteiger partial charge is 0.241 e. The van der Waals surface area contributed by atoms with E-state index >= 15 is 0 Å². The van der Waals surface area contributed by atoms with Gasteiger partial charge < -0.3 is 5.32 Å². The SMILES string of the molecule is CCC(NS(=O)(=O)c1ccc(SC)c(NC(=O)C(C)C)c1)c1ccc(C)cc1C. The number of carbonyl (C=O) groups is 1. The Bertz CT molecular complexity index is 986. The molecule has 0 spiro atoms. The predicted octanol–water partition coefficient (Wildman–Crippen LogP) is 5.05. The van der Waals surface area contributed by atoms with Gasteiger partial charge in [0, 0.05) is 16.9 Å². The van der Waals surface area contributed by atoms with Gasteiger partial charge in [-0.05, 0) is 55.9 Å². The van der Waals surface area contributed by atoms with Gasteiger partial charge in [-0.3, -0.25) is 4.79 Å². The summed E-state index contributed by atoms with van der Waals surface area (Å²) in [5, 5.41) is 2.84. The molecule has 2 N–H and O–H groups in total. The first-order valence-electron chi connectivity index (χ1n) is 9.67. The molecular weight excluding hydrogens is 404 g/mol. The topological polar surface area (TPSA) is 75.3 Å². The minimum atomic E-state index is -3.76. The molecule has 0 saturated carbocycles. The Labute approximate surface area is 178 Å². The molecule has 2 aromatic rings. The Morgan fingerprint density at radius 2 is 1.79 bits per heavy atom. The molecule has 5 nitrogen and oxygen atoms in total. The lowest BCUT2D eigenvalue weighted by atomic mass is 9.98. The molecule has 0 aliphatic rings. The molecule has 1 amide bonds. The van der Waals surface area contributed by atoms with E-state index in [2.05, 4.69) is 16.1 Å². The fraction of sp³-hybridized carbons (Fsp3) is 0.409. The predicted molar refractivity (Wildman–Crippen MR) is 121 cm³/mol. The Hall–Kier alpha value is -1.83. The van der Waals surface area contributed by atoms with Crippen LogP contribution in [-0.4, -0.2) is 20.6 Å². The van der Waals surface area contributed by atoms with Gasteiger partial charge in [-0.25, -0.2) is 13.1 Å². The minimum Gasteiger partial charge on any atom is -0.325 e. The molecule has 0 aliphatic heterocycles. The number of aryl methyl sites for hydroxylation is 2. The number of hydrogen-bond acceptors (Lipinski definition) is 4. The number of thioether (sulfide) groups is 1. The van der Waals surface area contributed by atoms with Gasteiger partial charge in [0.25, 0.3) is 0 Å². The largest absolute Gasteiger partial charge is 0.325 e. The summed E-state index contributed by atoms with van der Waals surface area (Å²) in [5.74, 6) is -0.346. The molecule has 2 aromatic carbocycles. The van der Waals surface area contributed by atoms with E-state index < -0.39 is 10.0 Å². The van der Waals surface area contributed by atoms with Gasteiger partial charge in [-0.15, -0.1) is 11.8 Å². The molecule has 0 bridgehead atoms. The summed E-state index contributed by atoms with van der Waals surface area (Å²) < 4.78 is 29.0. The van der Waals surface area contributed by atoms with E-state index in [9.17, 15) is 13.2 Å². The fourth-order valence-corrected chi connectivity index (χ4v) is 4.93. The van der Waals surface area contributed by atoms with Crippen molar-refractivity contribution in [2.24, 2.45) is 5.92 Å². The van der Waals surface area contributed by atoms with Crippen LogP contribution in [0.15, 0.2) is 46.2 Å². The van der Waals surface area contributed by atoms with Crippen molar-refractivity contribution in [3.8, 4) is 0 Å². The minimum absolute atomic E-state index is 0.137. The highest BCUT2D eigenvalue weighted by Gasteiger charge is 2.23. The van der Waals surface area contributed by atoms with Crippen molar-refractivity contribution < 1.29 is 13.2 Å². The first kappa shape index (κ1) is 23.4. The second kappa shape index (κ2) is 9.78. The molecule has 0 radical (unpaired) electrons. The van der Waals surface area contributed by atoms with Crippen LogP contribution in [0.1, 0.15) is 49.9 Å². The normalized spacial score (nSPS) is 12.8. The lowest BCUT2D eigenvalue weighted by Gasteiger charge is -2.21. The number of hydrogen-bond donors (Lipinski definition) is 2. The van der Waals surface area contributed by atoms with Crippen molar-refractivity contribution in [3.05, 3.63) is 53.1 Å². The van der Waals surface area contributed by atoms with E-state index in [-0.39, 0.29) is 22.8 Å². The first-order chi connectivity index (χ1) is 13.6. The zero-order valence-corrected chi connectivity index (χ0v) is 19.5. The van der Waals surface area contributed by atoms with Gasteiger partial charge in [-0.2, -0.15) is 0 Å². The summed E-state index contributed by atoms with van der Waals surface area (Å²) in [6.45, 7) is 9.56. The number of nitrogens with one attached hydrogen (secondary N) is 2. The van der Waals surface area contributed by atoms with E-state index in [0.717, 1.165) is 21.6 Å². The molecular formula is C22H30N2O3S2. The van der Waals surface area contributed by atoms with Crippen molar-refractivity contribution >= 4 is 33.4 Å². The monoisotopic (exact) mass is 434 g/mol. The van der Waals surface area contributed by atoms with Crippen LogP contribution in [0.25, 0.3) is 0 Å². The van der Waals surface area contributed by atoms with Gasteiger partial charge >= 0.3 is 0 Å². The maximum Gasteiger partial charge on any atom is 0.241 e. The van der Waals surface area contributed by atoms with Crippen LogP contribution < -0.4 is 10.0 Å². The zero-order chi connectivity index (χ0) is 21.8. The van der Waals surface area contributed by atoms with E-state index in [0.29, 0.717) is 12.1 Å². The third kappa shape index (κ3) is 5.84. The van der Waals surface area contributed by atoms with Gasteiger partial charge in [0.05, 0.1) is 10.6 Å². The van der Waals surface area contributed by atoms with Gasteiger partial charge in [-0.1, -0.05) is 44.5 Å². The van der Waals surface area contributed by atoms with Crippen LogP contribution in [0.4, 0.5) is 5.69 Å². The Morgan fingerprint density at radius 3 is 2.34 bits per heavy atom. The van der Waals surface area contributed by atoms with Gasteiger partial charge in [0.2, 0.25) is 15.9 Å². The van der Waals surface area contributed by atoms with Crippen molar-refractivity contribution in [1.82, 2.24) is 4.72 Å². The molecule has 0 heterocycles. The highest BCUT2D eigenvalue weighted by Crippen LogP contribution is 2.30. The van der Waals surface area contributed by atoms with E-state index in [4.69, 9.17) is 0 Å². The number of amides is 1. The van der Waals surface area contributed by atoms with E-state index in [1.165, 1.54) is 17.8 Å². The standard InChI is InChI=1S/C22H30N2O3S2/c1-7-19(18-10-8-15(4)12-16(18)5)24-29(26,27)17-9-11-21(28-6)20(13-17)23-22(25)14(2)3/h8-14,19,24H,7H2,1-6H3,(H,23,25). The number of rotatable bonds is 8. The number of carbonyl (C=O) groups excluding carboxylic acids is 1. The molecule has 29 heavy (non-hydrogen) atoms. The van der Waals surface area contributed by atoms with Crippen LogP contribution in [-0.2, 0) is 14.8 Å². The summed E-state index contributed by atoms with van der Waals surface area (Å²) in [5.41, 5.74) is 3.68. The van der Waals surface area contributed by atoms with Crippen LogP contribution in [0.2, 0.25) is 0 Å². The molecule has 7 heteroatoms. The maximum absolute atomic E-state index is 13.1. The summed E-state index contributed by atoms with van der Waals surface area (Å²) in [6, 6.07) is 10.5. The third-order valence-electron chi connectivity index (χ3n) is 4.77. The summed E-state index contributed by atoms with van der Waals surface area (Å²) in [7, 11) is -3.76. The Balaban J connectivity index is 2.37. The molecule has 1 unspecified atom stereocenters. The average Bonchev–Trinajstić information content (AvgIpc) is 2.66. The molecule has 0 aliphatic carbocycles. The van der Waals surface area contributed by atoms with Crippen LogP contribution in [0.5, 0.6) is 0 Å². The third-order valence-corrected chi connectivity index (χ3v) is 7.04. The molecule has 2 rings (SSSR count). The van der Waals surface area contributed by atoms with Crippen LogP contribution >= 0.6 is 11.8 Å². The highest BCUT2D eigenvalue weighted by atomic mass is 32.2. The quantitative estimate of drug-likeness (QED) is 0.570. The second-order valence-electron chi connectivity index (χ2n) is 7.45. The summed E-state index contributed by atoms with van der Waals surface area (Å²) in [6.07, 6.45) is 2.52. The Morgan fingerprint density at radius 1 is 1.10 bits per heavy atom. The van der Waals surface area contributed by atoms with Crippen LogP contribution in [0, 0.1) is 19.8 Å². The zero-order valence-electron chi connectivity index (χ0n) is 17.9. The number of anilines is 1. The fourth-order valence-electron chi connectivity index (χ4n) is 3.07. The Kier molecular flexibility index (Phi) is 7.91. The molecule has 0 saturated heterocycles. The summed E-state index contributed by atoms with van der Waals surface area (Å²) >= 11 is 1.46. The van der Waals surface area contributed by atoms with Crippen molar-refractivity contribution in [3.63, 3.8) is 0 Å². The lowest BCUT2D eigenvalue weighted by molar-refractivity contribution is -0.118. The second-order valence-corrected chi connectivity index (χ2v) is 10.0. The first-order valence-corrected chi connectivity index (χ1v) is 12.4. The number of benzene rings is 2. The van der Waals surface area contributed by atoms with E-state index in [1.54, 1.807) is 26.0 Å².